The summed E-state index contributed by atoms with van der Waals surface area (Å²) in [5.41, 5.74) is 9.66. The van der Waals surface area contributed by atoms with Crippen molar-refractivity contribution in [2.75, 3.05) is 12.3 Å². The molecule has 0 bridgehead atoms. The molecule has 8 heteroatoms. The van der Waals surface area contributed by atoms with Crippen LogP contribution in [0.3, 0.4) is 0 Å². The van der Waals surface area contributed by atoms with Gasteiger partial charge in [-0.15, -0.1) is 5.10 Å². The second kappa shape index (κ2) is 17.3. The van der Waals surface area contributed by atoms with E-state index in [1.807, 2.05) is 32.2 Å². The normalized spacial score (nSPS) is 10.6. The molecule has 2 heterocycles. The van der Waals surface area contributed by atoms with Gasteiger partial charge in [-0.25, -0.2) is 4.98 Å². The molecule has 0 fully saturated rings. The van der Waals surface area contributed by atoms with Crippen LogP contribution in [-0.4, -0.2) is 37.4 Å². The van der Waals surface area contributed by atoms with E-state index in [0.717, 1.165) is 49.9 Å². The number of amides is 1. The van der Waals surface area contributed by atoms with Crippen LogP contribution >= 0.6 is 0 Å². The fourth-order valence-corrected chi connectivity index (χ4v) is 4.01. The third-order valence-corrected chi connectivity index (χ3v) is 6.02. The maximum absolute atomic E-state index is 12.4. The van der Waals surface area contributed by atoms with Gasteiger partial charge in [0.05, 0.1) is 18.4 Å². The second-order valence-corrected chi connectivity index (χ2v) is 8.94. The number of carbonyl (C=O) groups is 1. The first-order valence-electron chi connectivity index (χ1n) is 13.7. The van der Waals surface area contributed by atoms with E-state index < -0.39 is 0 Å². The molecule has 0 atom stereocenters. The third kappa shape index (κ3) is 11.1. The minimum absolute atomic E-state index is 0.0474. The lowest BCUT2D eigenvalue weighted by Gasteiger charge is -2.06. The molecule has 1 aromatic carbocycles. The minimum Gasteiger partial charge on any atom is -0.369 e. The number of hydrogen-bond acceptors (Lipinski definition) is 5. The molecule has 198 valence electrons. The Hall–Kier alpha value is -3.16. The summed E-state index contributed by atoms with van der Waals surface area (Å²) in [5.74, 6) is 0.429. The van der Waals surface area contributed by atoms with Crippen molar-refractivity contribution in [3.8, 4) is 0 Å². The summed E-state index contributed by atoms with van der Waals surface area (Å²) in [6.45, 7) is 7.36. The number of hydrogen-bond donors (Lipinski definition) is 3. The van der Waals surface area contributed by atoms with E-state index >= 15 is 0 Å². The van der Waals surface area contributed by atoms with Crippen molar-refractivity contribution in [2.24, 2.45) is 0 Å². The van der Waals surface area contributed by atoms with Gasteiger partial charge in [0.25, 0.3) is 5.91 Å². The van der Waals surface area contributed by atoms with E-state index in [2.05, 4.69) is 44.7 Å². The molecule has 3 aromatic rings. The summed E-state index contributed by atoms with van der Waals surface area (Å²) in [5, 5.41) is 11.4. The number of nitrogens with one attached hydrogen (secondary N) is 2. The van der Waals surface area contributed by atoms with E-state index in [9.17, 15) is 4.79 Å². The number of anilines is 1. The number of aromatic amines is 1. The third-order valence-electron chi connectivity index (χ3n) is 6.02. The average molecular weight is 496 g/mol. The highest BCUT2D eigenvalue weighted by Crippen LogP contribution is 2.11. The minimum atomic E-state index is -0.0474. The van der Waals surface area contributed by atoms with Crippen LogP contribution in [0, 0.1) is 0 Å². The molecule has 1 amide bonds. The van der Waals surface area contributed by atoms with E-state index in [1.165, 1.54) is 37.7 Å². The molecule has 4 N–H and O–H groups in total. The van der Waals surface area contributed by atoms with E-state index in [0.29, 0.717) is 24.6 Å². The van der Waals surface area contributed by atoms with Crippen LogP contribution in [0.2, 0.25) is 0 Å². The van der Waals surface area contributed by atoms with Crippen LogP contribution in [0.1, 0.15) is 99.4 Å². The number of unbranched alkanes of at least 4 members (excludes halogenated alkanes) is 6. The number of imidazole rings is 1. The van der Waals surface area contributed by atoms with Crippen LogP contribution in [0.4, 0.5) is 5.95 Å². The zero-order chi connectivity index (χ0) is 26.0. The number of H-pyrrole nitrogens is 1. The van der Waals surface area contributed by atoms with E-state index in [-0.39, 0.29) is 5.91 Å². The molecule has 0 saturated heterocycles. The van der Waals surface area contributed by atoms with Crippen LogP contribution < -0.4 is 11.1 Å². The number of benzene rings is 1. The van der Waals surface area contributed by atoms with Gasteiger partial charge in [-0.3, -0.25) is 9.48 Å². The van der Waals surface area contributed by atoms with Crippen molar-refractivity contribution in [2.45, 2.75) is 97.9 Å². The zero-order valence-electron chi connectivity index (χ0n) is 22.4. The quantitative estimate of drug-likeness (QED) is 0.227. The predicted molar refractivity (Wildman–Crippen MR) is 147 cm³/mol. The SMILES string of the molecule is CC.CCCCCCCc1ccc(C(=O)NCCn2cc(CCCCCc3cnc(N)[nH]3)nn2)cc1. The topological polar surface area (TPSA) is 115 Å². The van der Waals surface area contributed by atoms with Crippen LogP contribution in [0.25, 0.3) is 0 Å². The Kier molecular flexibility index (Phi) is 14.0. The Balaban J connectivity index is 0.00000222. The first kappa shape index (κ1) is 29.1. The van der Waals surface area contributed by atoms with Gasteiger partial charge in [-0.1, -0.05) is 70.2 Å². The number of carbonyl (C=O) groups excluding carboxylic acids is 1. The first-order chi connectivity index (χ1) is 17.6. The number of nitrogens with zero attached hydrogens (tertiary/aromatic N) is 4. The van der Waals surface area contributed by atoms with Crippen LogP contribution in [0.5, 0.6) is 0 Å². The first-order valence-corrected chi connectivity index (χ1v) is 13.7. The van der Waals surface area contributed by atoms with Crippen molar-refractivity contribution < 1.29 is 4.79 Å². The lowest BCUT2D eigenvalue weighted by molar-refractivity contribution is 0.0952. The van der Waals surface area contributed by atoms with Gasteiger partial charge >= 0.3 is 0 Å². The molecule has 0 spiro atoms. The van der Waals surface area contributed by atoms with Gasteiger partial charge in [0.1, 0.15) is 0 Å². The fourth-order valence-electron chi connectivity index (χ4n) is 4.01. The average Bonchev–Trinajstić information content (AvgIpc) is 3.53. The van der Waals surface area contributed by atoms with Gasteiger partial charge in [0.2, 0.25) is 0 Å². The van der Waals surface area contributed by atoms with Gasteiger partial charge < -0.3 is 16.0 Å². The molecular formula is C28H45N7O. The number of aryl methyl sites for hydroxylation is 3. The number of nitrogen functional groups attached to an aromatic ring is 1. The Morgan fingerprint density at radius 2 is 1.67 bits per heavy atom. The molecule has 0 unspecified atom stereocenters. The van der Waals surface area contributed by atoms with Crippen LogP contribution in [-0.2, 0) is 25.8 Å². The summed E-state index contributed by atoms with van der Waals surface area (Å²) >= 11 is 0. The van der Waals surface area contributed by atoms with Crippen molar-refractivity contribution in [1.29, 1.82) is 0 Å². The summed E-state index contributed by atoms with van der Waals surface area (Å²) in [4.78, 5) is 19.5. The Morgan fingerprint density at radius 1 is 0.972 bits per heavy atom. The number of aromatic nitrogens is 5. The molecule has 0 radical (unpaired) electrons. The summed E-state index contributed by atoms with van der Waals surface area (Å²) in [7, 11) is 0. The maximum atomic E-state index is 12.4. The molecule has 2 aromatic heterocycles. The van der Waals surface area contributed by atoms with Crippen molar-refractivity contribution >= 4 is 11.9 Å². The maximum Gasteiger partial charge on any atom is 0.251 e. The zero-order valence-corrected chi connectivity index (χ0v) is 22.4. The van der Waals surface area contributed by atoms with Gasteiger partial charge in [-0.05, 0) is 56.2 Å². The summed E-state index contributed by atoms with van der Waals surface area (Å²) in [6.07, 6.45) is 16.4. The second-order valence-electron chi connectivity index (χ2n) is 8.94. The van der Waals surface area contributed by atoms with Gasteiger partial charge in [-0.2, -0.15) is 0 Å². The van der Waals surface area contributed by atoms with Crippen LogP contribution in [0.15, 0.2) is 36.7 Å². The molecule has 8 nitrogen and oxygen atoms in total. The highest BCUT2D eigenvalue weighted by Gasteiger charge is 2.06. The standard InChI is InChI=1S/C26H39N7O.C2H6/c1-2-3-4-5-7-10-21-13-15-22(16-14-21)25(34)28-17-18-33-20-24(31-32-33)12-9-6-8-11-23-19-29-26(27)30-23;1-2/h13-16,19-20H,2-12,17-18H2,1H3,(H,28,34)(H3,27,29,30);1-2H3. The molecule has 3 rings (SSSR count). The largest absolute Gasteiger partial charge is 0.369 e. The summed E-state index contributed by atoms with van der Waals surface area (Å²) in [6, 6.07) is 7.99. The van der Waals surface area contributed by atoms with Crippen molar-refractivity contribution in [3.63, 3.8) is 0 Å². The predicted octanol–water partition coefficient (Wildman–Crippen LogP) is 5.51. The fraction of sp³-hybridized carbons (Fsp3) is 0.571. The highest BCUT2D eigenvalue weighted by molar-refractivity contribution is 5.94. The highest BCUT2D eigenvalue weighted by atomic mass is 16.1. The van der Waals surface area contributed by atoms with Gasteiger partial charge in [0, 0.05) is 24.0 Å². The van der Waals surface area contributed by atoms with Crippen molar-refractivity contribution in [3.05, 3.63) is 59.2 Å². The number of rotatable bonds is 16. The molecule has 36 heavy (non-hydrogen) atoms. The smallest absolute Gasteiger partial charge is 0.251 e. The molecule has 0 aliphatic carbocycles. The van der Waals surface area contributed by atoms with Crippen molar-refractivity contribution in [1.82, 2.24) is 30.3 Å². The Bertz CT molecular complexity index is 978. The molecular weight excluding hydrogens is 450 g/mol. The Labute approximate surface area is 216 Å². The number of nitrogens with two attached hydrogens (primary N) is 1. The lowest BCUT2D eigenvalue weighted by Crippen LogP contribution is -2.27. The van der Waals surface area contributed by atoms with E-state index in [1.54, 1.807) is 10.9 Å². The summed E-state index contributed by atoms with van der Waals surface area (Å²) < 4.78 is 1.80. The Morgan fingerprint density at radius 3 is 2.39 bits per heavy atom. The van der Waals surface area contributed by atoms with Gasteiger partial charge in [0.15, 0.2) is 5.95 Å². The lowest BCUT2D eigenvalue weighted by atomic mass is 10.0. The van der Waals surface area contributed by atoms with E-state index in [4.69, 9.17) is 5.73 Å². The molecule has 0 saturated carbocycles. The molecule has 0 aliphatic heterocycles. The molecule has 0 aliphatic rings. The monoisotopic (exact) mass is 495 g/mol.